The summed E-state index contributed by atoms with van der Waals surface area (Å²) in [5, 5.41) is 8.77. The lowest BCUT2D eigenvalue weighted by Gasteiger charge is -2.14. The van der Waals surface area contributed by atoms with Crippen LogP contribution in [0.1, 0.15) is 11.5 Å². The van der Waals surface area contributed by atoms with Crippen LogP contribution < -0.4 is 0 Å². The molecule has 0 radical (unpaired) electrons. The molecule has 0 fully saturated rings. The molecule has 1 heterocycles. The Morgan fingerprint density at radius 2 is 1.70 bits per heavy atom. The van der Waals surface area contributed by atoms with Gasteiger partial charge in [0.25, 0.3) is 0 Å². The van der Waals surface area contributed by atoms with E-state index in [2.05, 4.69) is 10.2 Å². The van der Waals surface area contributed by atoms with E-state index in [-0.39, 0.29) is 5.82 Å². The molecule has 2 aromatic carbocycles. The molecule has 0 spiro atoms. The van der Waals surface area contributed by atoms with Crippen LogP contribution in [0.15, 0.2) is 52.9 Å². The second-order valence-corrected chi connectivity index (χ2v) is 5.74. The molecule has 23 heavy (non-hydrogen) atoms. The summed E-state index contributed by atoms with van der Waals surface area (Å²) in [5.74, 6) is 0.757. The number of aromatic nitrogens is 2. The van der Waals surface area contributed by atoms with Gasteiger partial charge in [0.2, 0.25) is 11.8 Å². The van der Waals surface area contributed by atoms with Gasteiger partial charge in [-0.25, -0.2) is 4.39 Å². The van der Waals surface area contributed by atoms with Crippen LogP contribution in [-0.4, -0.2) is 22.1 Å². The minimum atomic E-state index is -0.235. The summed E-state index contributed by atoms with van der Waals surface area (Å²) in [7, 11) is 1.94. The second-order valence-electron chi connectivity index (χ2n) is 5.31. The van der Waals surface area contributed by atoms with E-state index in [1.807, 2.05) is 24.1 Å². The number of hydrogen-bond donors (Lipinski definition) is 0. The second kappa shape index (κ2) is 6.89. The maximum Gasteiger partial charge on any atom is 0.247 e. The van der Waals surface area contributed by atoms with Crippen molar-refractivity contribution in [2.75, 3.05) is 7.05 Å². The summed E-state index contributed by atoms with van der Waals surface area (Å²) in [6, 6.07) is 13.7. The SMILES string of the molecule is CN(Cc1ccc(F)cc1)Cc1nnc(-c2ccc(Cl)cc2)o1. The fraction of sp³-hybridized carbons (Fsp3) is 0.176. The molecule has 118 valence electrons. The van der Waals surface area contributed by atoms with Crippen molar-refractivity contribution in [3.8, 4) is 11.5 Å². The van der Waals surface area contributed by atoms with Crippen LogP contribution in [0, 0.1) is 5.82 Å². The third kappa shape index (κ3) is 4.15. The molecule has 3 aromatic rings. The van der Waals surface area contributed by atoms with Crippen LogP contribution in [-0.2, 0) is 13.1 Å². The standard InChI is InChI=1S/C17H15ClFN3O/c1-22(10-12-2-8-15(19)9-3-12)11-16-20-21-17(23-16)13-4-6-14(18)7-5-13/h2-9H,10-11H2,1H3. The smallest absolute Gasteiger partial charge is 0.247 e. The van der Waals surface area contributed by atoms with Gasteiger partial charge in [-0.05, 0) is 49.0 Å². The molecule has 0 N–H and O–H groups in total. The zero-order chi connectivity index (χ0) is 16.2. The van der Waals surface area contributed by atoms with E-state index in [0.29, 0.717) is 29.9 Å². The minimum Gasteiger partial charge on any atom is -0.419 e. The van der Waals surface area contributed by atoms with E-state index < -0.39 is 0 Å². The van der Waals surface area contributed by atoms with Crippen molar-refractivity contribution in [1.82, 2.24) is 15.1 Å². The molecule has 6 heteroatoms. The molecule has 1 aromatic heterocycles. The maximum absolute atomic E-state index is 12.9. The van der Waals surface area contributed by atoms with E-state index in [1.54, 1.807) is 24.3 Å². The summed E-state index contributed by atoms with van der Waals surface area (Å²) >= 11 is 5.86. The molecule has 0 saturated carbocycles. The Morgan fingerprint density at radius 1 is 1.00 bits per heavy atom. The predicted octanol–water partition coefficient (Wildman–Crippen LogP) is 4.16. The lowest BCUT2D eigenvalue weighted by atomic mass is 10.2. The zero-order valence-electron chi connectivity index (χ0n) is 12.5. The topological polar surface area (TPSA) is 42.2 Å². The molecule has 0 unspecified atom stereocenters. The highest BCUT2D eigenvalue weighted by molar-refractivity contribution is 6.30. The fourth-order valence-corrected chi connectivity index (χ4v) is 2.34. The average Bonchev–Trinajstić information content (AvgIpc) is 2.98. The number of rotatable bonds is 5. The highest BCUT2D eigenvalue weighted by Gasteiger charge is 2.11. The first-order valence-corrected chi connectivity index (χ1v) is 7.49. The first kappa shape index (κ1) is 15.6. The number of benzene rings is 2. The van der Waals surface area contributed by atoms with Gasteiger partial charge in [0.05, 0.1) is 6.54 Å². The molecular formula is C17H15ClFN3O. The van der Waals surface area contributed by atoms with Crippen molar-refractivity contribution in [3.05, 3.63) is 70.8 Å². The molecule has 0 aliphatic carbocycles. The molecule has 0 aliphatic rings. The van der Waals surface area contributed by atoms with Crippen LogP contribution in [0.2, 0.25) is 5.02 Å². The van der Waals surface area contributed by atoms with Gasteiger partial charge in [0, 0.05) is 17.1 Å². The average molecular weight is 332 g/mol. The van der Waals surface area contributed by atoms with Gasteiger partial charge in [-0.2, -0.15) is 0 Å². The Balaban J connectivity index is 1.64. The maximum atomic E-state index is 12.9. The van der Waals surface area contributed by atoms with Gasteiger partial charge in [-0.15, -0.1) is 10.2 Å². The highest BCUT2D eigenvalue weighted by Crippen LogP contribution is 2.20. The highest BCUT2D eigenvalue weighted by atomic mass is 35.5. The van der Waals surface area contributed by atoms with Gasteiger partial charge in [0.1, 0.15) is 5.82 Å². The van der Waals surface area contributed by atoms with Crippen LogP contribution in [0.5, 0.6) is 0 Å². The Morgan fingerprint density at radius 3 is 2.39 bits per heavy atom. The number of halogens is 2. The summed E-state index contributed by atoms with van der Waals surface area (Å²) < 4.78 is 18.6. The first-order valence-electron chi connectivity index (χ1n) is 7.11. The van der Waals surface area contributed by atoms with Crippen LogP contribution >= 0.6 is 11.6 Å². The van der Waals surface area contributed by atoms with Crippen molar-refractivity contribution < 1.29 is 8.81 Å². The van der Waals surface area contributed by atoms with Crippen LogP contribution in [0.25, 0.3) is 11.5 Å². The number of hydrogen-bond acceptors (Lipinski definition) is 4. The fourth-order valence-electron chi connectivity index (χ4n) is 2.21. The molecule has 4 nitrogen and oxygen atoms in total. The molecule has 0 bridgehead atoms. The van der Waals surface area contributed by atoms with Crippen molar-refractivity contribution >= 4 is 11.6 Å². The molecule has 0 saturated heterocycles. The largest absolute Gasteiger partial charge is 0.419 e. The Kier molecular flexibility index (Phi) is 4.69. The minimum absolute atomic E-state index is 0.235. The predicted molar refractivity (Wildman–Crippen MR) is 86.3 cm³/mol. The van der Waals surface area contributed by atoms with Crippen molar-refractivity contribution in [2.45, 2.75) is 13.1 Å². The lowest BCUT2D eigenvalue weighted by Crippen LogP contribution is -2.17. The van der Waals surface area contributed by atoms with Gasteiger partial charge in [-0.3, -0.25) is 4.90 Å². The number of nitrogens with zero attached hydrogens (tertiary/aromatic N) is 3. The van der Waals surface area contributed by atoms with Crippen LogP contribution in [0.4, 0.5) is 4.39 Å². The van der Waals surface area contributed by atoms with Gasteiger partial charge in [0.15, 0.2) is 0 Å². The summed E-state index contributed by atoms with van der Waals surface area (Å²) in [6.07, 6.45) is 0. The molecule has 0 aliphatic heterocycles. The Labute approximate surface area is 138 Å². The quantitative estimate of drug-likeness (QED) is 0.704. The third-order valence-electron chi connectivity index (χ3n) is 3.33. The molecule has 0 atom stereocenters. The Bertz CT molecular complexity index is 771. The van der Waals surface area contributed by atoms with Crippen molar-refractivity contribution in [3.63, 3.8) is 0 Å². The monoisotopic (exact) mass is 331 g/mol. The third-order valence-corrected chi connectivity index (χ3v) is 3.58. The van der Waals surface area contributed by atoms with Gasteiger partial charge in [-0.1, -0.05) is 23.7 Å². The molecule has 0 amide bonds. The molecular weight excluding hydrogens is 317 g/mol. The van der Waals surface area contributed by atoms with E-state index >= 15 is 0 Å². The Hall–Kier alpha value is -2.24. The van der Waals surface area contributed by atoms with Crippen molar-refractivity contribution in [2.24, 2.45) is 0 Å². The van der Waals surface area contributed by atoms with E-state index in [4.69, 9.17) is 16.0 Å². The van der Waals surface area contributed by atoms with E-state index in [9.17, 15) is 4.39 Å². The van der Waals surface area contributed by atoms with Crippen molar-refractivity contribution in [1.29, 1.82) is 0 Å². The summed E-state index contributed by atoms with van der Waals surface area (Å²) in [5.41, 5.74) is 1.85. The van der Waals surface area contributed by atoms with Crippen LogP contribution in [0.3, 0.4) is 0 Å². The normalized spacial score (nSPS) is 11.1. The summed E-state index contributed by atoms with van der Waals surface area (Å²) in [4.78, 5) is 2.02. The molecule has 3 rings (SSSR count). The van der Waals surface area contributed by atoms with Gasteiger partial charge >= 0.3 is 0 Å². The first-order chi connectivity index (χ1) is 11.1. The van der Waals surface area contributed by atoms with E-state index in [0.717, 1.165) is 11.1 Å². The van der Waals surface area contributed by atoms with E-state index in [1.165, 1.54) is 12.1 Å². The zero-order valence-corrected chi connectivity index (χ0v) is 13.3. The summed E-state index contributed by atoms with van der Waals surface area (Å²) in [6.45, 7) is 1.18. The lowest BCUT2D eigenvalue weighted by molar-refractivity contribution is 0.282. The van der Waals surface area contributed by atoms with Gasteiger partial charge < -0.3 is 4.42 Å².